The van der Waals surface area contributed by atoms with Crippen molar-refractivity contribution >= 4 is 11.8 Å². The lowest BCUT2D eigenvalue weighted by Gasteiger charge is -2.11. The molecular formula is C25H22INS. The molecule has 3 heteroatoms. The van der Waals surface area contributed by atoms with Crippen LogP contribution < -0.4 is 28.5 Å². The molecule has 140 valence electrons. The maximum absolute atomic E-state index is 2.42. The zero-order chi connectivity index (χ0) is 18.5. The highest BCUT2D eigenvalue weighted by molar-refractivity contribution is 7.98. The maximum Gasteiger partial charge on any atom is 0.241 e. The molecule has 0 atom stereocenters. The third-order valence-electron chi connectivity index (χ3n) is 4.70. The second-order valence-corrected chi connectivity index (χ2v) is 7.30. The van der Waals surface area contributed by atoms with Gasteiger partial charge in [-0.3, -0.25) is 0 Å². The predicted octanol–water partition coefficient (Wildman–Crippen LogP) is 3.08. The Kier molecular flexibility index (Phi) is 7.29. The molecular weight excluding hydrogens is 473 g/mol. The van der Waals surface area contributed by atoms with Gasteiger partial charge in [0, 0.05) is 23.3 Å². The molecule has 28 heavy (non-hydrogen) atoms. The molecule has 0 aliphatic rings. The van der Waals surface area contributed by atoms with E-state index in [1.54, 1.807) is 11.8 Å². The van der Waals surface area contributed by atoms with E-state index in [1.807, 2.05) is 0 Å². The van der Waals surface area contributed by atoms with Crippen LogP contribution in [0.1, 0.15) is 5.56 Å². The molecule has 0 bridgehead atoms. The highest BCUT2D eigenvalue weighted by Crippen LogP contribution is 2.28. The van der Waals surface area contributed by atoms with Crippen molar-refractivity contribution in [2.75, 3.05) is 6.26 Å². The lowest BCUT2D eigenvalue weighted by Crippen LogP contribution is -3.00. The number of rotatable bonds is 5. The Morgan fingerprint density at radius 2 is 1.18 bits per heavy atom. The van der Waals surface area contributed by atoms with Crippen molar-refractivity contribution in [2.45, 2.75) is 11.6 Å². The van der Waals surface area contributed by atoms with Crippen LogP contribution in [0, 0.1) is 0 Å². The predicted molar refractivity (Wildman–Crippen MR) is 115 cm³/mol. The average molecular weight is 495 g/mol. The largest absolute Gasteiger partial charge is 1.00 e. The molecule has 0 saturated heterocycles. The molecule has 1 aromatic heterocycles. The first-order chi connectivity index (χ1) is 13.3. The fourth-order valence-corrected chi connectivity index (χ4v) is 3.97. The van der Waals surface area contributed by atoms with Crippen molar-refractivity contribution in [2.24, 2.45) is 0 Å². The van der Waals surface area contributed by atoms with Crippen LogP contribution in [0.25, 0.3) is 22.4 Å². The highest BCUT2D eigenvalue weighted by Gasteiger charge is 2.21. The molecule has 1 heterocycles. The molecule has 0 saturated carbocycles. The first-order valence-corrected chi connectivity index (χ1v) is 10.3. The number of aromatic nitrogens is 1. The number of thioether (sulfide) groups is 1. The number of pyridine rings is 1. The molecule has 4 rings (SSSR count). The highest BCUT2D eigenvalue weighted by atomic mass is 127. The lowest BCUT2D eigenvalue weighted by molar-refractivity contribution is -0.714. The molecule has 0 spiro atoms. The summed E-state index contributed by atoms with van der Waals surface area (Å²) >= 11 is 1.80. The summed E-state index contributed by atoms with van der Waals surface area (Å²) in [5.74, 6) is 0. The minimum absolute atomic E-state index is 0. The van der Waals surface area contributed by atoms with E-state index in [4.69, 9.17) is 0 Å². The van der Waals surface area contributed by atoms with Crippen LogP contribution in [0.15, 0.2) is 108 Å². The molecule has 1 nitrogen and oxygen atoms in total. The molecule has 0 radical (unpaired) electrons. The van der Waals surface area contributed by atoms with Crippen LogP contribution in [0.2, 0.25) is 0 Å². The summed E-state index contributed by atoms with van der Waals surface area (Å²) in [6.45, 7) is 0.857. The van der Waals surface area contributed by atoms with Gasteiger partial charge in [-0.1, -0.05) is 90.6 Å². The van der Waals surface area contributed by atoms with E-state index in [0.29, 0.717) is 0 Å². The third-order valence-corrected chi connectivity index (χ3v) is 5.45. The van der Waals surface area contributed by atoms with Gasteiger partial charge in [-0.15, -0.1) is 0 Å². The van der Waals surface area contributed by atoms with Crippen LogP contribution in [0.3, 0.4) is 0 Å². The third kappa shape index (κ3) is 4.65. The lowest BCUT2D eigenvalue weighted by atomic mass is 10.0. The molecule has 4 aromatic rings. The normalized spacial score (nSPS) is 10.3. The summed E-state index contributed by atoms with van der Waals surface area (Å²) in [6.07, 6.45) is 2.15. The maximum atomic E-state index is 2.42. The summed E-state index contributed by atoms with van der Waals surface area (Å²) in [6, 6.07) is 36.6. The van der Waals surface area contributed by atoms with Crippen molar-refractivity contribution in [1.29, 1.82) is 0 Å². The summed E-state index contributed by atoms with van der Waals surface area (Å²) in [5.41, 5.74) is 6.29. The van der Waals surface area contributed by atoms with Crippen LogP contribution in [0.5, 0.6) is 0 Å². The fourth-order valence-electron chi connectivity index (χ4n) is 3.34. The standard InChI is InChI=1S/C25H22NS.HI/c1-27-25-18-23(21-13-7-3-8-14-21)17-24(22-15-9-4-10-16-22)26(25)19-20-11-5-2-6-12-20;/h2-18H,19H2,1H3;1H/q+1;/p-1. The smallest absolute Gasteiger partial charge is 0.241 e. The van der Waals surface area contributed by atoms with Crippen molar-refractivity contribution in [3.05, 3.63) is 109 Å². The van der Waals surface area contributed by atoms with E-state index in [9.17, 15) is 0 Å². The van der Waals surface area contributed by atoms with Gasteiger partial charge in [0.2, 0.25) is 10.7 Å². The van der Waals surface area contributed by atoms with E-state index in [0.717, 1.165) is 6.54 Å². The average Bonchev–Trinajstić information content (AvgIpc) is 2.76. The minimum Gasteiger partial charge on any atom is -1.00 e. The SMILES string of the molecule is CSc1cc(-c2ccccc2)cc(-c2ccccc2)[n+]1Cc1ccccc1.[I-]. The second kappa shape index (κ2) is 9.89. The Balaban J connectivity index is 0.00000225. The van der Waals surface area contributed by atoms with Crippen LogP contribution >= 0.6 is 11.8 Å². The van der Waals surface area contributed by atoms with Gasteiger partial charge in [-0.05, 0) is 29.5 Å². The number of benzene rings is 3. The first-order valence-electron chi connectivity index (χ1n) is 9.12. The quantitative estimate of drug-likeness (QED) is 0.234. The second-order valence-electron chi connectivity index (χ2n) is 6.48. The minimum atomic E-state index is 0. The summed E-state index contributed by atoms with van der Waals surface area (Å²) in [7, 11) is 0. The van der Waals surface area contributed by atoms with E-state index in [2.05, 4.69) is 114 Å². The molecule has 0 N–H and O–H groups in total. The van der Waals surface area contributed by atoms with E-state index in [1.165, 1.54) is 33.0 Å². The Labute approximate surface area is 188 Å². The van der Waals surface area contributed by atoms with Gasteiger partial charge in [0.15, 0.2) is 6.54 Å². The van der Waals surface area contributed by atoms with Gasteiger partial charge in [-0.2, -0.15) is 4.57 Å². The molecule has 0 aliphatic carbocycles. The van der Waals surface area contributed by atoms with E-state index in [-0.39, 0.29) is 24.0 Å². The van der Waals surface area contributed by atoms with Gasteiger partial charge < -0.3 is 24.0 Å². The fraction of sp³-hybridized carbons (Fsp3) is 0.0800. The number of halogens is 1. The zero-order valence-electron chi connectivity index (χ0n) is 15.8. The van der Waals surface area contributed by atoms with Gasteiger partial charge >= 0.3 is 0 Å². The summed E-state index contributed by atoms with van der Waals surface area (Å²) in [5, 5.41) is 1.26. The molecule has 3 aromatic carbocycles. The number of hydrogen-bond donors (Lipinski definition) is 0. The number of nitrogens with zero attached hydrogens (tertiary/aromatic N) is 1. The van der Waals surface area contributed by atoms with Crippen LogP contribution in [-0.4, -0.2) is 6.26 Å². The Morgan fingerprint density at radius 1 is 0.643 bits per heavy atom. The van der Waals surface area contributed by atoms with Gasteiger partial charge in [0.05, 0.1) is 0 Å². The molecule has 0 fully saturated rings. The Bertz CT molecular complexity index is 1020. The first kappa shape index (κ1) is 20.6. The summed E-state index contributed by atoms with van der Waals surface area (Å²) in [4.78, 5) is 0. The Hall–Kier alpha value is -2.11. The topological polar surface area (TPSA) is 3.88 Å². The molecule has 0 aliphatic heterocycles. The van der Waals surface area contributed by atoms with Crippen molar-refractivity contribution in [3.63, 3.8) is 0 Å². The zero-order valence-corrected chi connectivity index (χ0v) is 18.7. The van der Waals surface area contributed by atoms with Gasteiger partial charge in [0.25, 0.3) is 0 Å². The van der Waals surface area contributed by atoms with Crippen LogP contribution in [-0.2, 0) is 6.54 Å². The van der Waals surface area contributed by atoms with Crippen molar-refractivity contribution < 1.29 is 28.5 Å². The molecule has 0 amide bonds. The van der Waals surface area contributed by atoms with Crippen molar-refractivity contribution in [1.82, 2.24) is 0 Å². The monoisotopic (exact) mass is 495 g/mol. The van der Waals surface area contributed by atoms with Gasteiger partial charge in [0.1, 0.15) is 0 Å². The van der Waals surface area contributed by atoms with Gasteiger partial charge in [-0.25, -0.2) is 0 Å². The Morgan fingerprint density at radius 3 is 1.75 bits per heavy atom. The van der Waals surface area contributed by atoms with E-state index < -0.39 is 0 Å². The number of hydrogen-bond acceptors (Lipinski definition) is 1. The molecule has 0 unspecified atom stereocenters. The van der Waals surface area contributed by atoms with Crippen LogP contribution in [0.4, 0.5) is 0 Å². The summed E-state index contributed by atoms with van der Waals surface area (Å²) < 4.78 is 2.42. The van der Waals surface area contributed by atoms with Crippen molar-refractivity contribution in [3.8, 4) is 22.4 Å². The van der Waals surface area contributed by atoms with E-state index >= 15 is 0 Å².